The maximum atomic E-state index is 5.75. The van der Waals surface area contributed by atoms with E-state index in [4.69, 9.17) is 32.7 Å². The van der Waals surface area contributed by atoms with Crippen LogP contribution in [0.1, 0.15) is 0 Å². The van der Waals surface area contributed by atoms with Crippen molar-refractivity contribution in [3.63, 3.8) is 0 Å². The highest BCUT2D eigenvalue weighted by Gasteiger charge is 2.15. The number of hydrogen-bond acceptors (Lipinski definition) is 5. The van der Waals surface area contributed by atoms with Crippen LogP contribution in [0.5, 0.6) is 11.5 Å². The van der Waals surface area contributed by atoms with E-state index in [0.717, 1.165) is 0 Å². The van der Waals surface area contributed by atoms with Crippen LogP contribution in [0.3, 0.4) is 0 Å². The van der Waals surface area contributed by atoms with Gasteiger partial charge in [-0.1, -0.05) is 6.07 Å². The van der Waals surface area contributed by atoms with Gasteiger partial charge in [0.05, 0.1) is 19.8 Å². The minimum atomic E-state index is 0.0230. The molecule has 0 aliphatic carbocycles. The smallest absolute Gasteiger partial charge is 0.227 e. The third kappa shape index (κ3) is 2.47. The van der Waals surface area contributed by atoms with Crippen LogP contribution in [0.15, 0.2) is 18.2 Å². The average Bonchev–Trinajstić information content (AvgIpc) is 2.36. The van der Waals surface area contributed by atoms with Crippen molar-refractivity contribution in [2.24, 2.45) is 0 Å². The van der Waals surface area contributed by atoms with Gasteiger partial charge in [0.25, 0.3) is 0 Å². The molecular weight excluding hydrogens is 277 g/mol. The Labute approximate surface area is 114 Å². The Hall–Kier alpha value is -1.59. The summed E-state index contributed by atoms with van der Waals surface area (Å²) in [5.41, 5.74) is 0.628. The molecule has 0 N–H and O–H groups in total. The van der Waals surface area contributed by atoms with Gasteiger partial charge in [0, 0.05) is 0 Å². The third-order valence-electron chi connectivity index (χ3n) is 2.22. The molecule has 1 aromatic heterocycles. The lowest BCUT2D eigenvalue weighted by molar-refractivity contribution is 0.356. The highest BCUT2D eigenvalue weighted by Crippen LogP contribution is 2.36. The average molecular weight is 286 g/mol. The van der Waals surface area contributed by atoms with Gasteiger partial charge in [-0.05, 0) is 35.3 Å². The van der Waals surface area contributed by atoms with Crippen molar-refractivity contribution in [1.29, 1.82) is 0 Å². The summed E-state index contributed by atoms with van der Waals surface area (Å²) in [4.78, 5) is 11.7. The van der Waals surface area contributed by atoms with Gasteiger partial charge in [0.1, 0.15) is 0 Å². The van der Waals surface area contributed by atoms with Crippen LogP contribution in [0.4, 0.5) is 0 Å². The van der Waals surface area contributed by atoms with Crippen LogP contribution in [0.2, 0.25) is 10.6 Å². The number of benzene rings is 1. The number of methoxy groups -OCH3 is 2. The first-order valence-corrected chi connectivity index (χ1v) is 5.69. The van der Waals surface area contributed by atoms with E-state index in [9.17, 15) is 0 Å². The van der Waals surface area contributed by atoms with Crippen LogP contribution in [0, 0.1) is 0 Å². The lowest BCUT2D eigenvalue weighted by Gasteiger charge is -2.11. The molecule has 0 aliphatic rings. The van der Waals surface area contributed by atoms with Gasteiger partial charge in [-0.15, -0.1) is 0 Å². The molecule has 94 valence electrons. The summed E-state index contributed by atoms with van der Waals surface area (Å²) in [5.74, 6) is 1.41. The molecule has 5 nitrogen and oxygen atoms in total. The predicted octanol–water partition coefficient (Wildman–Crippen LogP) is 2.86. The van der Waals surface area contributed by atoms with Crippen molar-refractivity contribution in [2.45, 2.75) is 0 Å². The topological polar surface area (TPSA) is 57.1 Å². The summed E-state index contributed by atoms with van der Waals surface area (Å²) in [5, 5.41) is 0.0461. The minimum absolute atomic E-state index is 0.0230. The van der Waals surface area contributed by atoms with Crippen molar-refractivity contribution in [3.8, 4) is 22.9 Å². The third-order valence-corrected chi connectivity index (χ3v) is 2.56. The Kier molecular flexibility index (Phi) is 3.84. The molecule has 0 amide bonds. The van der Waals surface area contributed by atoms with E-state index >= 15 is 0 Å². The van der Waals surface area contributed by atoms with E-state index in [0.29, 0.717) is 22.9 Å². The van der Waals surface area contributed by atoms with Crippen molar-refractivity contribution in [3.05, 3.63) is 28.8 Å². The lowest BCUT2D eigenvalue weighted by Crippen LogP contribution is -1.98. The molecule has 7 heteroatoms. The molecule has 0 radical (unpaired) electrons. The summed E-state index contributed by atoms with van der Waals surface area (Å²) in [6.45, 7) is 0. The molecule has 0 spiro atoms. The predicted molar refractivity (Wildman–Crippen MR) is 68.4 cm³/mol. The van der Waals surface area contributed by atoms with Gasteiger partial charge in [-0.3, -0.25) is 0 Å². The van der Waals surface area contributed by atoms with E-state index in [-0.39, 0.29) is 10.6 Å². The quantitative estimate of drug-likeness (QED) is 0.868. The Morgan fingerprint density at radius 1 is 0.944 bits per heavy atom. The van der Waals surface area contributed by atoms with Crippen LogP contribution < -0.4 is 9.47 Å². The standard InChI is InChI=1S/C11H9Cl2N3O2/c1-17-7-5-3-4-6(8(7)18-2)9-14-10(12)16-11(13)15-9/h3-5H,1-2H3. The molecule has 18 heavy (non-hydrogen) atoms. The fourth-order valence-corrected chi connectivity index (χ4v) is 1.87. The summed E-state index contributed by atoms with van der Waals surface area (Å²) in [7, 11) is 3.08. The van der Waals surface area contributed by atoms with Crippen LogP contribution >= 0.6 is 23.2 Å². The molecule has 0 aliphatic heterocycles. The summed E-state index contributed by atoms with van der Waals surface area (Å²) in [6.07, 6.45) is 0. The zero-order valence-corrected chi connectivity index (χ0v) is 11.2. The molecule has 2 rings (SSSR count). The number of halogens is 2. The first kappa shape index (κ1) is 12.9. The summed E-state index contributed by atoms with van der Waals surface area (Å²) in [6, 6.07) is 5.35. The van der Waals surface area contributed by atoms with Crippen LogP contribution in [-0.2, 0) is 0 Å². The Morgan fingerprint density at radius 2 is 1.61 bits per heavy atom. The van der Waals surface area contributed by atoms with Crippen molar-refractivity contribution in [2.75, 3.05) is 14.2 Å². The molecule has 1 aromatic carbocycles. The SMILES string of the molecule is COc1cccc(-c2nc(Cl)nc(Cl)n2)c1OC. The molecule has 0 saturated heterocycles. The molecule has 1 heterocycles. The maximum Gasteiger partial charge on any atom is 0.227 e. The zero-order chi connectivity index (χ0) is 13.1. The number of rotatable bonds is 3. The summed E-state index contributed by atoms with van der Waals surface area (Å²) < 4.78 is 10.5. The molecule has 0 fully saturated rings. The van der Waals surface area contributed by atoms with E-state index in [1.165, 1.54) is 7.11 Å². The zero-order valence-electron chi connectivity index (χ0n) is 9.65. The number of ether oxygens (including phenoxy) is 2. The van der Waals surface area contributed by atoms with Crippen molar-refractivity contribution >= 4 is 23.2 Å². The Bertz CT molecular complexity index is 558. The monoisotopic (exact) mass is 285 g/mol. The fraction of sp³-hybridized carbons (Fsp3) is 0.182. The van der Waals surface area contributed by atoms with Crippen molar-refractivity contribution < 1.29 is 9.47 Å². The second-order valence-corrected chi connectivity index (χ2v) is 3.91. The van der Waals surface area contributed by atoms with Crippen LogP contribution in [0.25, 0.3) is 11.4 Å². The second-order valence-electron chi connectivity index (χ2n) is 3.24. The van der Waals surface area contributed by atoms with E-state index < -0.39 is 0 Å². The fourth-order valence-electron chi connectivity index (χ4n) is 1.51. The molecule has 0 bridgehead atoms. The summed E-state index contributed by atoms with van der Waals surface area (Å²) >= 11 is 11.5. The minimum Gasteiger partial charge on any atom is -0.493 e. The maximum absolute atomic E-state index is 5.75. The molecule has 0 unspecified atom stereocenters. The normalized spacial score (nSPS) is 10.2. The van der Waals surface area contributed by atoms with E-state index in [2.05, 4.69) is 15.0 Å². The number of nitrogens with zero attached hydrogens (tertiary/aromatic N) is 3. The molecule has 0 atom stereocenters. The lowest BCUT2D eigenvalue weighted by atomic mass is 10.1. The number of aromatic nitrogens is 3. The van der Waals surface area contributed by atoms with Crippen molar-refractivity contribution in [1.82, 2.24) is 15.0 Å². The first-order valence-electron chi connectivity index (χ1n) is 4.94. The van der Waals surface area contributed by atoms with Gasteiger partial charge in [-0.2, -0.15) is 15.0 Å². The van der Waals surface area contributed by atoms with E-state index in [1.54, 1.807) is 25.3 Å². The van der Waals surface area contributed by atoms with Gasteiger partial charge in [0.2, 0.25) is 10.6 Å². The Morgan fingerprint density at radius 3 is 2.17 bits per heavy atom. The first-order chi connectivity index (χ1) is 8.65. The second kappa shape index (κ2) is 5.37. The highest BCUT2D eigenvalue weighted by molar-refractivity contribution is 6.31. The van der Waals surface area contributed by atoms with Gasteiger partial charge < -0.3 is 9.47 Å². The molecule has 0 saturated carbocycles. The van der Waals surface area contributed by atoms with Gasteiger partial charge >= 0.3 is 0 Å². The number of hydrogen-bond donors (Lipinski definition) is 0. The van der Waals surface area contributed by atoms with Gasteiger partial charge in [-0.25, -0.2) is 0 Å². The van der Waals surface area contributed by atoms with Gasteiger partial charge in [0.15, 0.2) is 17.3 Å². The largest absolute Gasteiger partial charge is 0.493 e. The Balaban J connectivity index is 2.63. The van der Waals surface area contributed by atoms with E-state index in [1.807, 2.05) is 0 Å². The highest BCUT2D eigenvalue weighted by atomic mass is 35.5. The molecular formula is C11H9Cl2N3O2. The number of para-hydroxylation sites is 1. The molecule has 2 aromatic rings. The van der Waals surface area contributed by atoms with Crippen LogP contribution in [-0.4, -0.2) is 29.2 Å².